The summed E-state index contributed by atoms with van der Waals surface area (Å²) >= 11 is 0. The summed E-state index contributed by atoms with van der Waals surface area (Å²) in [5.74, 6) is 0. The number of aldehydes is 1. The van der Waals surface area contributed by atoms with Crippen LogP contribution in [-0.2, 0) is 14.0 Å². The van der Waals surface area contributed by atoms with E-state index in [4.69, 9.17) is 9.16 Å². The first-order chi connectivity index (χ1) is 9.21. The minimum atomic E-state index is -1.80. The molecule has 20 heavy (non-hydrogen) atoms. The third-order valence-corrected chi connectivity index (χ3v) is 9.23. The second-order valence-electron chi connectivity index (χ2n) is 7.50. The summed E-state index contributed by atoms with van der Waals surface area (Å²) in [5, 5.41) is 0.195. The molecule has 0 aliphatic carbocycles. The van der Waals surface area contributed by atoms with Gasteiger partial charge in [0.15, 0.2) is 8.32 Å². The van der Waals surface area contributed by atoms with E-state index < -0.39 is 8.32 Å². The summed E-state index contributed by atoms with van der Waals surface area (Å²) in [6, 6.07) is 0. The van der Waals surface area contributed by atoms with Crippen LogP contribution in [0.2, 0.25) is 18.1 Å². The van der Waals surface area contributed by atoms with Gasteiger partial charge in [0.05, 0.1) is 12.2 Å². The van der Waals surface area contributed by atoms with Crippen LogP contribution in [0.25, 0.3) is 0 Å². The highest BCUT2D eigenvalue weighted by molar-refractivity contribution is 6.74. The largest absolute Gasteiger partial charge is 0.411 e. The molecular formula is C16H32O3Si. The molecular weight excluding hydrogens is 268 g/mol. The molecule has 0 aromatic carbocycles. The molecule has 4 heteroatoms. The lowest BCUT2D eigenvalue weighted by molar-refractivity contribution is -0.117. The molecule has 1 saturated heterocycles. The summed E-state index contributed by atoms with van der Waals surface area (Å²) < 4.78 is 12.4. The van der Waals surface area contributed by atoms with Gasteiger partial charge in [0.1, 0.15) is 12.4 Å². The smallest absolute Gasteiger partial charge is 0.192 e. The number of ether oxygens (including phenoxy) is 1. The van der Waals surface area contributed by atoms with Crippen molar-refractivity contribution in [2.45, 2.75) is 96.2 Å². The van der Waals surface area contributed by atoms with Crippen LogP contribution in [0.1, 0.15) is 59.8 Å². The van der Waals surface area contributed by atoms with E-state index in [1.54, 1.807) is 0 Å². The number of carbonyl (C=O) groups is 1. The van der Waals surface area contributed by atoms with Crippen LogP contribution >= 0.6 is 0 Å². The van der Waals surface area contributed by atoms with Crippen LogP contribution in [0.3, 0.4) is 0 Å². The predicted molar refractivity (Wildman–Crippen MR) is 85.6 cm³/mol. The topological polar surface area (TPSA) is 35.5 Å². The van der Waals surface area contributed by atoms with E-state index in [2.05, 4.69) is 40.8 Å². The van der Waals surface area contributed by atoms with Crippen LogP contribution in [-0.4, -0.2) is 32.9 Å². The van der Waals surface area contributed by atoms with Crippen LogP contribution in [0.4, 0.5) is 0 Å². The molecule has 1 heterocycles. The molecule has 1 aliphatic heterocycles. The van der Waals surface area contributed by atoms with E-state index in [1.165, 1.54) is 12.8 Å². The van der Waals surface area contributed by atoms with Crippen molar-refractivity contribution < 1.29 is 14.0 Å². The predicted octanol–water partition coefficient (Wildman–Crippen LogP) is 4.31. The third kappa shape index (κ3) is 4.67. The molecule has 1 aliphatic rings. The summed E-state index contributed by atoms with van der Waals surface area (Å²) in [6.07, 6.45) is 6.19. The maximum Gasteiger partial charge on any atom is 0.192 e. The quantitative estimate of drug-likeness (QED) is 0.399. The third-order valence-electron chi connectivity index (χ3n) is 4.73. The normalized spacial score (nSPS) is 27.8. The zero-order valence-corrected chi connectivity index (χ0v) is 15.1. The number of carbonyl (C=O) groups excluding carboxylic acids is 1. The second kappa shape index (κ2) is 7.19. The van der Waals surface area contributed by atoms with Crippen LogP contribution in [0.5, 0.6) is 0 Å². The molecule has 3 nitrogen and oxygen atoms in total. The van der Waals surface area contributed by atoms with Crippen LogP contribution < -0.4 is 0 Å². The Balaban J connectivity index is 2.66. The average Bonchev–Trinajstić information content (AvgIpc) is 2.70. The molecule has 0 N–H and O–H groups in total. The minimum Gasteiger partial charge on any atom is -0.411 e. The number of unbranched alkanes of at least 4 members (excludes halogenated alkanes) is 2. The monoisotopic (exact) mass is 300 g/mol. The van der Waals surface area contributed by atoms with Crippen molar-refractivity contribution in [2.24, 2.45) is 0 Å². The highest BCUT2D eigenvalue weighted by Gasteiger charge is 2.44. The van der Waals surface area contributed by atoms with Crippen molar-refractivity contribution in [3.8, 4) is 0 Å². The second-order valence-corrected chi connectivity index (χ2v) is 12.3. The fourth-order valence-corrected chi connectivity index (χ4v) is 3.72. The van der Waals surface area contributed by atoms with Gasteiger partial charge in [-0.1, -0.05) is 47.0 Å². The number of hydrogen-bond donors (Lipinski definition) is 0. The Morgan fingerprint density at radius 1 is 1.30 bits per heavy atom. The summed E-state index contributed by atoms with van der Waals surface area (Å²) in [5.41, 5.74) is 0. The first-order valence-electron chi connectivity index (χ1n) is 8.00. The fraction of sp³-hybridized carbons (Fsp3) is 0.938. The number of rotatable bonds is 7. The van der Waals surface area contributed by atoms with Crippen molar-refractivity contribution in [2.75, 3.05) is 0 Å². The van der Waals surface area contributed by atoms with Crippen molar-refractivity contribution in [3.63, 3.8) is 0 Å². The van der Waals surface area contributed by atoms with E-state index in [-0.39, 0.29) is 23.4 Å². The Bertz CT molecular complexity index is 309. The standard InChI is InChI=1S/C16H32O3Si/c1-7-8-9-10-14-15(11-13(12-17)18-14)19-20(5,6)16(2,3)4/h12-15H,7-11H2,1-6H3/t13-,14-,15-/m1/s1. The van der Waals surface area contributed by atoms with Gasteiger partial charge < -0.3 is 14.0 Å². The molecule has 0 unspecified atom stereocenters. The van der Waals surface area contributed by atoms with Crippen molar-refractivity contribution in [3.05, 3.63) is 0 Å². The molecule has 1 fully saturated rings. The molecule has 3 atom stereocenters. The first kappa shape index (κ1) is 17.9. The lowest BCUT2D eigenvalue weighted by Gasteiger charge is -2.39. The summed E-state index contributed by atoms with van der Waals surface area (Å²) in [4.78, 5) is 11.0. The van der Waals surface area contributed by atoms with Gasteiger partial charge in [-0.2, -0.15) is 0 Å². The molecule has 0 bridgehead atoms. The maximum atomic E-state index is 11.0. The van der Waals surface area contributed by atoms with E-state index in [0.29, 0.717) is 0 Å². The Morgan fingerprint density at radius 2 is 1.95 bits per heavy atom. The molecule has 0 aromatic rings. The Kier molecular flexibility index (Phi) is 6.42. The fourth-order valence-electron chi connectivity index (χ4n) is 2.36. The van der Waals surface area contributed by atoms with E-state index in [0.717, 1.165) is 25.5 Å². The van der Waals surface area contributed by atoms with E-state index in [9.17, 15) is 4.79 Å². The van der Waals surface area contributed by atoms with Gasteiger partial charge in [0, 0.05) is 6.42 Å². The minimum absolute atomic E-state index is 0.1000. The van der Waals surface area contributed by atoms with Crippen LogP contribution in [0, 0.1) is 0 Å². The van der Waals surface area contributed by atoms with Gasteiger partial charge in [-0.25, -0.2) is 0 Å². The average molecular weight is 301 g/mol. The molecule has 0 aromatic heterocycles. The van der Waals surface area contributed by atoms with Crippen molar-refractivity contribution in [1.82, 2.24) is 0 Å². The van der Waals surface area contributed by atoms with Gasteiger partial charge in [-0.3, -0.25) is 0 Å². The highest BCUT2D eigenvalue weighted by atomic mass is 28.4. The first-order valence-corrected chi connectivity index (χ1v) is 10.9. The molecule has 1 rings (SSSR count). The Hall–Kier alpha value is -0.193. The summed E-state index contributed by atoms with van der Waals surface area (Å²) in [7, 11) is -1.80. The molecule has 0 radical (unpaired) electrons. The molecule has 0 amide bonds. The van der Waals surface area contributed by atoms with Gasteiger partial charge in [0.25, 0.3) is 0 Å². The summed E-state index contributed by atoms with van der Waals surface area (Å²) in [6.45, 7) is 13.5. The lowest BCUT2D eigenvalue weighted by Crippen LogP contribution is -2.45. The van der Waals surface area contributed by atoms with Gasteiger partial charge >= 0.3 is 0 Å². The zero-order chi connectivity index (χ0) is 15.4. The van der Waals surface area contributed by atoms with Crippen molar-refractivity contribution in [1.29, 1.82) is 0 Å². The molecule has 118 valence electrons. The van der Waals surface area contributed by atoms with E-state index >= 15 is 0 Å². The van der Waals surface area contributed by atoms with Gasteiger partial charge in [-0.05, 0) is 24.6 Å². The SMILES string of the molecule is CCCCC[C@H]1O[C@@H](C=O)C[C@H]1O[Si](C)(C)C(C)(C)C. The number of hydrogen-bond acceptors (Lipinski definition) is 3. The maximum absolute atomic E-state index is 11.0. The van der Waals surface area contributed by atoms with Crippen LogP contribution in [0.15, 0.2) is 0 Å². The zero-order valence-electron chi connectivity index (χ0n) is 14.1. The molecule has 0 saturated carbocycles. The highest BCUT2D eigenvalue weighted by Crippen LogP contribution is 2.40. The Labute approximate surface area is 125 Å². The Morgan fingerprint density at radius 3 is 2.45 bits per heavy atom. The van der Waals surface area contributed by atoms with E-state index in [1.807, 2.05) is 0 Å². The lowest BCUT2D eigenvalue weighted by atomic mass is 10.1. The van der Waals surface area contributed by atoms with Crippen molar-refractivity contribution >= 4 is 14.6 Å². The van der Waals surface area contributed by atoms with Gasteiger partial charge in [-0.15, -0.1) is 0 Å². The molecule has 0 spiro atoms. The van der Waals surface area contributed by atoms with Gasteiger partial charge in [0.2, 0.25) is 0 Å².